The van der Waals surface area contributed by atoms with Gasteiger partial charge >= 0.3 is 0 Å². The molecule has 0 aliphatic heterocycles. The van der Waals surface area contributed by atoms with Gasteiger partial charge in [0.15, 0.2) is 5.82 Å². The van der Waals surface area contributed by atoms with Crippen LogP contribution in [0.4, 0.5) is 0 Å². The number of aromatic nitrogens is 3. The van der Waals surface area contributed by atoms with Gasteiger partial charge in [-0.05, 0) is 25.2 Å². The van der Waals surface area contributed by atoms with Gasteiger partial charge in [0.1, 0.15) is 5.82 Å². The van der Waals surface area contributed by atoms with Crippen LogP contribution < -0.4 is 5.73 Å². The lowest BCUT2D eigenvalue weighted by Gasteiger charge is -2.13. The monoisotopic (exact) mass is 236 g/mol. The molecule has 1 aliphatic rings. The molecular formula is C13H24N4. The summed E-state index contributed by atoms with van der Waals surface area (Å²) >= 11 is 0. The van der Waals surface area contributed by atoms with Crippen LogP contribution in [0.25, 0.3) is 0 Å². The van der Waals surface area contributed by atoms with E-state index in [-0.39, 0.29) is 0 Å². The number of aromatic amines is 1. The van der Waals surface area contributed by atoms with Crippen LogP contribution in [-0.4, -0.2) is 21.7 Å². The van der Waals surface area contributed by atoms with E-state index in [4.69, 9.17) is 5.73 Å². The number of rotatable bonds is 5. The van der Waals surface area contributed by atoms with E-state index in [0.717, 1.165) is 18.1 Å². The molecule has 1 fully saturated rings. The molecule has 96 valence electrons. The van der Waals surface area contributed by atoms with Crippen molar-refractivity contribution in [2.24, 2.45) is 11.7 Å². The SMILES string of the molecule is CC(C)CC(CN)c1n[nH]c(C2CCCC2)n1. The highest BCUT2D eigenvalue weighted by molar-refractivity contribution is 5.04. The first-order valence-corrected chi connectivity index (χ1v) is 6.83. The highest BCUT2D eigenvalue weighted by atomic mass is 15.2. The fourth-order valence-electron chi connectivity index (χ4n) is 2.73. The molecule has 1 atom stereocenters. The normalized spacial score (nSPS) is 19.1. The van der Waals surface area contributed by atoms with Gasteiger partial charge in [-0.3, -0.25) is 5.10 Å². The maximum Gasteiger partial charge on any atom is 0.155 e. The fourth-order valence-corrected chi connectivity index (χ4v) is 2.73. The number of nitrogens with zero attached hydrogens (tertiary/aromatic N) is 2. The van der Waals surface area contributed by atoms with Crippen molar-refractivity contribution >= 4 is 0 Å². The van der Waals surface area contributed by atoms with Crippen LogP contribution in [0.15, 0.2) is 0 Å². The van der Waals surface area contributed by atoms with Gasteiger partial charge in [-0.2, -0.15) is 5.10 Å². The highest BCUT2D eigenvalue weighted by Crippen LogP contribution is 2.32. The van der Waals surface area contributed by atoms with Crippen LogP contribution in [0.5, 0.6) is 0 Å². The average molecular weight is 236 g/mol. The van der Waals surface area contributed by atoms with Crippen molar-refractivity contribution in [3.8, 4) is 0 Å². The summed E-state index contributed by atoms with van der Waals surface area (Å²) < 4.78 is 0. The Hall–Kier alpha value is -0.900. The van der Waals surface area contributed by atoms with Crippen molar-refractivity contribution in [3.05, 3.63) is 11.6 Å². The van der Waals surface area contributed by atoms with E-state index in [2.05, 4.69) is 29.0 Å². The number of nitrogens with two attached hydrogens (primary N) is 1. The van der Waals surface area contributed by atoms with E-state index in [1.807, 2.05) is 0 Å². The number of nitrogens with one attached hydrogen (secondary N) is 1. The third-order valence-corrected chi connectivity index (χ3v) is 3.67. The van der Waals surface area contributed by atoms with Gasteiger partial charge in [0, 0.05) is 18.4 Å². The topological polar surface area (TPSA) is 67.6 Å². The molecule has 0 aromatic carbocycles. The van der Waals surface area contributed by atoms with Crippen molar-refractivity contribution in [1.82, 2.24) is 15.2 Å². The Bertz CT molecular complexity index is 339. The lowest BCUT2D eigenvalue weighted by molar-refractivity contribution is 0.488. The van der Waals surface area contributed by atoms with Crippen molar-refractivity contribution in [1.29, 1.82) is 0 Å². The van der Waals surface area contributed by atoms with E-state index < -0.39 is 0 Å². The zero-order valence-corrected chi connectivity index (χ0v) is 10.9. The van der Waals surface area contributed by atoms with Gasteiger partial charge in [0.05, 0.1) is 0 Å². The van der Waals surface area contributed by atoms with Gasteiger partial charge in [0.2, 0.25) is 0 Å². The van der Waals surface area contributed by atoms with Crippen molar-refractivity contribution < 1.29 is 0 Å². The molecule has 2 rings (SSSR count). The maximum atomic E-state index is 5.82. The smallest absolute Gasteiger partial charge is 0.155 e. The van der Waals surface area contributed by atoms with Crippen LogP contribution >= 0.6 is 0 Å². The van der Waals surface area contributed by atoms with Gasteiger partial charge in [-0.15, -0.1) is 0 Å². The van der Waals surface area contributed by atoms with Crippen LogP contribution in [0, 0.1) is 5.92 Å². The van der Waals surface area contributed by atoms with Crippen LogP contribution in [0.1, 0.15) is 69.4 Å². The molecule has 0 radical (unpaired) electrons. The molecule has 17 heavy (non-hydrogen) atoms. The molecule has 4 nitrogen and oxygen atoms in total. The maximum absolute atomic E-state index is 5.82. The first-order chi connectivity index (χ1) is 8.20. The summed E-state index contributed by atoms with van der Waals surface area (Å²) in [5.41, 5.74) is 5.82. The van der Waals surface area contributed by atoms with E-state index in [9.17, 15) is 0 Å². The molecule has 3 N–H and O–H groups in total. The molecule has 0 saturated heterocycles. The lowest BCUT2D eigenvalue weighted by Crippen LogP contribution is -2.16. The van der Waals surface area contributed by atoms with Gasteiger partial charge < -0.3 is 5.73 Å². The van der Waals surface area contributed by atoms with Crippen LogP contribution in [0.3, 0.4) is 0 Å². The molecular weight excluding hydrogens is 212 g/mol. The third kappa shape index (κ3) is 3.06. The predicted molar refractivity (Wildman–Crippen MR) is 68.8 cm³/mol. The first kappa shape index (κ1) is 12.6. The Morgan fingerprint density at radius 2 is 2.06 bits per heavy atom. The van der Waals surface area contributed by atoms with Crippen molar-refractivity contribution in [3.63, 3.8) is 0 Å². The Morgan fingerprint density at radius 1 is 1.35 bits per heavy atom. The van der Waals surface area contributed by atoms with Crippen molar-refractivity contribution in [2.45, 2.75) is 57.8 Å². The Balaban J connectivity index is 2.04. The molecule has 0 spiro atoms. The van der Waals surface area contributed by atoms with Crippen LogP contribution in [0.2, 0.25) is 0 Å². The molecule has 1 unspecified atom stereocenters. The zero-order chi connectivity index (χ0) is 12.3. The summed E-state index contributed by atoms with van der Waals surface area (Å²) in [6.07, 6.45) is 6.23. The van der Waals surface area contributed by atoms with Gasteiger partial charge in [-0.25, -0.2) is 4.98 Å². The molecule has 0 bridgehead atoms. The minimum absolute atomic E-state index is 0.307. The second-order valence-electron chi connectivity index (χ2n) is 5.62. The summed E-state index contributed by atoms with van der Waals surface area (Å²) in [7, 11) is 0. The first-order valence-electron chi connectivity index (χ1n) is 6.83. The number of H-pyrrole nitrogens is 1. The quantitative estimate of drug-likeness (QED) is 0.825. The molecule has 1 saturated carbocycles. The summed E-state index contributed by atoms with van der Waals surface area (Å²) in [6, 6.07) is 0. The standard InChI is InChI=1S/C13H24N4/c1-9(2)7-11(8-14)13-15-12(16-17-13)10-5-3-4-6-10/h9-11H,3-8,14H2,1-2H3,(H,15,16,17). The average Bonchev–Trinajstić information content (AvgIpc) is 2.95. The minimum Gasteiger partial charge on any atom is -0.330 e. The van der Waals surface area contributed by atoms with Crippen molar-refractivity contribution in [2.75, 3.05) is 6.54 Å². The largest absolute Gasteiger partial charge is 0.330 e. The van der Waals surface area contributed by atoms with Gasteiger partial charge in [0.25, 0.3) is 0 Å². The summed E-state index contributed by atoms with van der Waals surface area (Å²) in [6.45, 7) is 5.07. The Morgan fingerprint density at radius 3 is 2.65 bits per heavy atom. The van der Waals surface area contributed by atoms with Gasteiger partial charge in [-0.1, -0.05) is 26.7 Å². The Labute approximate surface area is 103 Å². The third-order valence-electron chi connectivity index (χ3n) is 3.67. The lowest BCUT2D eigenvalue weighted by atomic mass is 9.96. The van der Waals surface area contributed by atoms with E-state index in [1.54, 1.807) is 0 Å². The second kappa shape index (κ2) is 5.63. The molecule has 1 aromatic heterocycles. The summed E-state index contributed by atoms with van der Waals surface area (Å²) in [5.74, 6) is 3.55. The molecule has 4 heteroatoms. The Kier molecular flexibility index (Phi) is 4.15. The molecule has 1 heterocycles. The van der Waals surface area contributed by atoms with E-state index in [1.165, 1.54) is 25.7 Å². The highest BCUT2D eigenvalue weighted by Gasteiger charge is 2.23. The fraction of sp³-hybridized carbons (Fsp3) is 0.846. The molecule has 1 aliphatic carbocycles. The zero-order valence-electron chi connectivity index (χ0n) is 10.9. The predicted octanol–water partition coefficient (Wildman–Crippen LogP) is 2.55. The summed E-state index contributed by atoms with van der Waals surface area (Å²) in [4.78, 5) is 4.67. The van der Waals surface area contributed by atoms with Crippen LogP contribution in [-0.2, 0) is 0 Å². The number of hydrogen-bond donors (Lipinski definition) is 2. The minimum atomic E-state index is 0.307. The second-order valence-corrected chi connectivity index (χ2v) is 5.62. The molecule has 1 aromatic rings. The number of hydrogen-bond acceptors (Lipinski definition) is 3. The summed E-state index contributed by atoms with van der Waals surface area (Å²) in [5, 5.41) is 7.49. The van der Waals surface area contributed by atoms with E-state index in [0.29, 0.717) is 24.3 Å². The molecule has 0 amide bonds. The van der Waals surface area contributed by atoms with E-state index >= 15 is 0 Å².